The van der Waals surface area contributed by atoms with Crippen molar-refractivity contribution in [1.29, 1.82) is 0 Å². The number of hydrogen-bond donors (Lipinski definition) is 0. The van der Waals surface area contributed by atoms with E-state index in [9.17, 15) is 4.79 Å². The number of nitrogens with zero attached hydrogens (tertiary/aromatic N) is 1. The minimum absolute atomic E-state index is 0.154. The summed E-state index contributed by atoms with van der Waals surface area (Å²) in [5.41, 5.74) is 3.28. The number of amides is 1. The van der Waals surface area contributed by atoms with Gasteiger partial charge in [-0.3, -0.25) is 4.79 Å². The maximum absolute atomic E-state index is 12.0. The summed E-state index contributed by atoms with van der Waals surface area (Å²) >= 11 is 5.54. The highest BCUT2D eigenvalue weighted by Crippen LogP contribution is 2.12. The molecule has 0 radical (unpaired) electrons. The molecule has 0 unspecified atom stereocenters. The van der Waals surface area contributed by atoms with E-state index in [0.29, 0.717) is 0 Å². The lowest BCUT2D eigenvalue weighted by Gasteiger charge is -2.26. The minimum atomic E-state index is 0.154. The van der Waals surface area contributed by atoms with Crippen LogP contribution in [0, 0.1) is 0 Å². The van der Waals surface area contributed by atoms with E-state index >= 15 is 0 Å². The molecule has 0 N–H and O–H groups in total. The van der Waals surface area contributed by atoms with E-state index in [2.05, 4.69) is 0 Å². The molecular weight excluding hydrogens is 234 g/mol. The number of hydrogen-bond acceptors (Lipinski definition) is 1. The summed E-state index contributed by atoms with van der Waals surface area (Å²) in [6, 6.07) is 0. The van der Waals surface area contributed by atoms with Crippen LogP contribution in [0.2, 0.25) is 0 Å². The number of piperidine rings is 1. The van der Waals surface area contributed by atoms with E-state index in [1.165, 1.54) is 12.0 Å². The highest BCUT2D eigenvalue weighted by molar-refractivity contribution is 6.25. The van der Waals surface area contributed by atoms with Gasteiger partial charge in [0, 0.05) is 24.2 Å². The summed E-state index contributed by atoms with van der Waals surface area (Å²) in [7, 11) is 0. The van der Waals surface area contributed by atoms with Gasteiger partial charge < -0.3 is 4.90 Å². The Kier molecular flexibility index (Phi) is 6.06. The molecular formula is C14H20ClNO. The summed E-state index contributed by atoms with van der Waals surface area (Å²) < 4.78 is 0. The van der Waals surface area contributed by atoms with Gasteiger partial charge in [-0.1, -0.05) is 29.8 Å². The zero-order valence-electron chi connectivity index (χ0n) is 10.6. The van der Waals surface area contributed by atoms with Gasteiger partial charge in [-0.25, -0.2) is 0 Å². The maximum atomic E-state index is 12.0. The molecule has 0 aliphatic carbocycles. The molecule has 94 valence electrons. The Balaban J connectivity index is 2.56. The molecule has 1 rings (SSSR count). The van der Waals surface area contributed by atoms with E-state index in [0.717, 1.165) is 37.1 Å². The van der Waals surface area contributed by atoms with Crippen LogP contribution in [0.25, 0.3) is 0 Å². The standard InChI is InChI=1S/C14H20ClNO/c1-12(11-15)7-6-8-13(2)14(17)16-9-4-3-5-10-16/h6-8,11H,3-5,9-10H2,1-2H3/b7-6+,12-11+,13-8+. The second-order valence-electron chi connectivity index (χ2n) is 4.41. The number of carbonyl (C=O) groups is 1. The zero-order chi connectivity index (χ0) is 12.7. The highest BCUT2D eigenvalue weighted by atomic mass is 35.5. The van der Waals surface area contributed by atoms with Gasteiger partial charge in [0.15, 0.2) is 0 Å². The maximum Gasteiger partial charge on any atom is 0.249 e. The topological polar surface area (TPSA) is 20.3 Å². The average molecular weight is 254 g/mol. The van der Waals surface area contributed by atoms with Gasteiger partial charge >= 0.3 is 0 Å². The van der Waals surface area contributed by atoms with Gasteiger partial charge in [-0.05, 0) is 38.7 Å². The van der Waals surface area contributed by atoms with Crippen LogP contribution >= 0.6 is 11.6 Å². The first-order chi connectivity index (χ1) is 8.15. The molecule has 0 spiro atoms. The van der Waals surface area contributed by atoms with Crippen molar-refractivity contribution >= 4 is 17.5 Å². The average Bonchev–Trinajstić information content (AvgIpc) is 2.38. The monoisotopic (exact) mass is 253 g/mol. The Labute approximate surface area is 109 Å². The fourth-order valence-corrected chi connectivity index (χ4v) is 1.87. The van der Waals surface area contributed by atoms with Crippen molar-refractivity contribution in [3.8, 4) is 0 Å². The van der Waals surface area contributed by atoms with Gasteiger partial charge in [0.1, 0.15) is 0 Å². The van der Waals surface area contributed by atoms with E-state index in [1.54, 1.807) is 0 Å². The van der Waals surface area contributed by atoms with E-state index in [-0.39, 0.29) is 5.91 Å². The molecule has 3 heteroatoms. The SMILES string of the molecule is CC(/C=C/C=C(\C)C(=O)N1CCCCC1)=C\Cl. The summed E-state index contributed by atoms with van der Waals surface area (Å²) in [6.07, 6.45) is 9.10. The van der Waals surface area contributed by atoms with Gasteiger partial charge in [-0.15, -0.1) is 0 Å². The number of rotatable bonds is 3. The number of allylic oxidation sites excluding steroid dienone is 4. The van der Waals surface area contributed by atoms with Crippen molar-refractivity contribution in [2.45, 2.75) is 33.1 Å². The first-order valence-electron chi connectivity index (χ1n) is 6.06. The molecule has 1 aliphatic heterocycles. The molecule has 0 saturated carbocycles. The summed E-state index contributed by atoms with van der Waals surface area (Å²) in [4.78, 5) is 14.0. The van der Waals surface area contributed by atoms with Crippen molar-refractivity contribution in [1.82, 2.24) is 4.90 Å². The lowest BCUT2D eigenvalue weighted by atomic mass is 10.1. The quantitative estimate of drug-likeness (QED) is 0.555. The van der Waals surface area contributed by atoms with Crippen LogP contribution in [0.15, 0.2) is 34.9 Å². The zero-order valence-corrected chi connectivity index (χ0v) is 11.3. The molecule has 0 aromatic rings. The number of halogens is 1. The van der Waals surface area contributed by atoms with E-state index < -0.39 is 0 Å². The summed E-state index contributed by atoms with van der Waals surface area (Å²) in [5.74, 6) is 0.154. The fraction of sp³-hybridized carbons (Fsp3) is 0.500. The molecule has 17 heavy (non-hydrogen) atoms. The molecule has 0 aromatic carbocycles. The Morgan fingerprint density at radius 1 is 1.18 bits per heavy atom. The summed E-state index contributed by atoms with van der Waals surface area (Å²) in [6.45, 7) is 5.57. The third kappa shape index (κ3) is 4.78. The molecule has 1 fully saturated rings. The van der Waals surface area contributed by atoms with E-state index in [4.69, 9.17) is 11.6 Å². The van der Waals surface area contributed by atoms with Crippen LogP contribution in [0.4, 0.5) is 0 Å². The van der Waals surface area contributed by atoms with Crippen molar-refractivity contribution < 1.29 is 4.79 Å². The van der Waals surface area contributed by atoms with Crippen molar-refractivity contribution in [3.63, 3.8) is 0 Å². The van der Waals surface area contributed by atoms with Crippen molar-refractivity contribution in [3.05, 3.63) is 34.9 Å². The van der Waals surface area contributed by atoms with Crippen LogP contribution in [-0.4, -0.2) is 23.9 Å². The number of carbonyl (C=O) groups excluding carboxylic acids is 1. The Morgan fingerprint density at radius 2 is 1.82 bits per heavy atom. The molecule has 0 aromatic heterocycles. The van der Waals surface area contributed by atoms with Gasteiger partial charge in [0.25, 0.3) is 0 Å². The predicted octanol–water partition coefficient (Wildman–Crippen LogP) is 3.64. The third-order valence-corrected chi connectivity index (χ3v) is 3.20. The van der Waals surface area contributed by atoms with Gasteiger partial charge in [0.05, 0.1) is 0 Å². The second-order valence-corrected chi connectivity index (χ2v) is 4.63. The van der Waals surface area contributed by atoms with Crippen LogP contribution in [0.3, 0.4) is 0 Å². The van der Waals surface area contributed by atoms with Crippen LogP contribution in [-0.2, 0) is 4.79 Å². The summed E-state index contributed by atoms with van der Waals surface area (Å²) in [5, 5.41) is 0. The lowest BCUT2D eigenvalue weighted by Crippen LogP contribution is -2.36. The molecule has 2 nitrogen and oxygen atoms in total. The highest BCUT2D eigenvalue weighted by Gasteiger charge is 2.16. The van der Waals surface area contributed by atoms with E-state index in [1.807, 2.05) is 37.0 Å². The van der Waals surface area contributed by atoms with Crippen LogP contribution < -0.4 is 0 Å². The Morgan fingerprint density at radius 3 is 2.41 bits per heavy atom. The normalized spacial score (nSPS) is 18.9. The molecule has 1 heterocycles. The van der Waals surface area contributed by atoms with Crippen molar-refractivity contribution in [2.24, 2.45) is 0 Å². The fourth-order valence-electron chi connectivity index (χ4n) is 1.80. The molecule has 0 bridgehead atoms. The van der Waals surface area contributed by atoms with Crippen LogP contribution in [0.1, 0.15) is 33.1 Å². The molecule has 1 amide bonds. The first kappa shape index (κ1) is 14.0. The van der Waals surface area contributed by atoms with Crippen LogP contribution in [0.5, 0.6) is 0 Å². The molecule has 1 saturated heterocycles. The molecule has 1 aliphatic rings. The Bertz CT molecular complexity index is 349. The number of likely N-dealkylation sites (tertiary alicyclic amines) is 1. The largest absolute Gasteiger partial charge is 0.339 e. The molecule has 0 atom stereocenters. The Hall–Kier alpha value is -1.02. The smallest absolute Gasteiger partial charge is 0.249 e. The third-order valence-electron chi connectivity index (χ3n) is 2.86. The van der Waals surface area contributed by atoms with Gasteiger partial charge in [-0.2, -0.15) is 0 Å². The predicted molar refractivity (Wildman–Crippen MR) is 72.9 cm³/mol. The lowest BCUT2D eigenvalue weighted by molar-refractivity contribution is -0.127. The first-order valence-corrected chi connectivity index (χ1v) is 6.50. The van der Waals surface area contributed by atoms with Crippen molar-refractivity contribution in [2.75, 3.05) is 13.1 Å². The minimum Gasteiger partial charge on any atom is -0.339 e. The second kappa shape index (κ2) is 7.33. The van der Waals surface area contributed by atoms with Gasteiger partial charge in [0.2, 0.25) is 5.91 Å².